The number of nitrogens with one attached hydrogen (secondary N) is 1. The zero-order valence-electron chi connectivity index (χ0n) is 17.3. The summed E-state index contributed by atoms with van der Waals surface area (Å²) in [6.07, 6.45) is 1.02. The van der Waals surface area contributed by atoms with Crippen molar-refractivity contribution in [3.05, 3.63) is 69.2 Å². The van der Waals surface area contributed by atoms with Crippen molar-refractivity contribution in [2.24, 2.45) is 0 Å². The fourth-order valence-electron chi connectivity index (χ4n) is 2.97. The third-order valence-corrected chi connectivity index (χ3v) is 5.87. The Hall–Kier alpha value is -2.04. The first-order valence-electron chi connectivity index (χ1n) is 9.81. The van der Waals surface area contributed by atoms with E-state index in [-0.39, 0.29) is 30.8 Å². The van der Waals surface area contributed by atoms with Crippen molar-refractivity contribution in [2.75, 3.05) is 0 Å². The van der Waals surface area contributed by atoms with Gasteiger partial charge in [0, 0.05) is 28.2 Å². The average molecular weight is 435 g/mol. The smallest absolute Gasteiger partial charge is 0.242 e. The highest BCUT2D eigenvalue weighted by Crippen LogP contribution is 2.27. The molecular weight excluding hydrogens is 407 g/mol. The van der Waals surface area contributed by atoms with E-state index < -0.39 is 6.04 Å². The van der Waals surface area contributed by atoms with Gasteiger partial charge in [-0.25, -0.2) is 0 Å². The Morgan fingerprint density at radius 2 is 1.66 bits per heavy atom. The molecular formula is C23H28Cl2N2O2. The topological polar surface area (TPSA) is 49.4 Å². The standard InChI is InChI=1S/C23H28Cl2N2O2/c1-5-16(3)26-23(29)17(4)27(14-19-20(24)11-8-12-21(19)25)22(28)13-18-10-7-6-9-15(18)2/h6-12,16-17H,5,13-14H2,1-4H3,(H,26,29)/t16-,17-/m0/s1. The number of carbonyl (C=O) groups is 2. The van der Waals surface area contributed by atoms with Crippen molar-refractivity contribution in [3.63, 3.8) is 0 Å². The van der Waals surface area contributed by atoms with Gasteiger partial charge in [0.15, 0.2) is 0 Å². The predicted molar refractivity (Wildman–Crippen MR) is 119 cm³/mol. The molecule has 0 fully saturated rings. The molecule has 2 amide bonds. The third-order valence-electron chi connectivity index (χ3n) is 5.16. The van der Waals surface area contributed by atoms with Crippen LogP contribution in [0.25, 0.3) is 0 Å². The number of aryl methyl sites for hydroxylation is 1. The highest BCUT2D eigenvalue weighted by molar-refractivity contribution is 6.36. The molecule has 0 aromatic heterocycles. The number of benzene rings is 2. The average Bonchev–Trinajstić information content (AvgIpc) is 2.68. The molecule has 156 valence electrons. The van der Waals surface area contributed by atoms with Crippen LogP contribution in [0.4, 0.5) is 0 Å². The minimum Gasteiger partial charge on any atom is -0.352 e. The van der Waals surface area contributed by atoms with E-state index in [4.69, 9.17) is 23.2 Å². The van der Waals surface area contributed by atoms with Crippen molar-refractivity contribution < 1.29 is 9.59 Å². The summed E-state index contributed by atoms with van der Waals surface area (Å²) in [4.78, 5) is 27.6. The van der Waals surface area contributed by atoms with E-state index in [2.05, 4.69) is 5.32 Å². The van der Waals surface area contributed by atoms with Crippen molar-refractivity contribution >= 4 is 35.0 Å². The van der Waals surface area contributed by atoms with Crippen LogP contribution in [0.1, 0.15) is 43.9 Å². The van der Waals surface area contributed by atoms with Crippen LogP contribution in [-0.2, 0) is 22.6 Å². The molecule has 2 atom stereocenters. The molecule has 1 N–H and O–H groups in total. The van der Waals surface area contributed by atoms with Crippen molar-refractivity contribution in [1.82, 2.24) is 10.2 Å². The summed E-state index contributed by atoms with van der Waals surface area (Å²) in [6, 6.07) is 12.3. The van der Waals surface area contributed by atoms with Gasteiger partial charge in [-0.3, -0.25) is 9.59 Å². The number of carbonyl (C=O) groups excluding carboxylic acids is 2. The molecule has 0 aliphatic rings. The Labute approximate surface area is 183 Å². The first-order chi connectivity index (χ1) is 13.7. The number of nitrogens with zero attached hydrogens (tertiary/aromatic N) is 1. The van der Waals surface area contributed by atoms with Crippen LogP contribution < -0.4 is 5.32 Å². The molecule has 4 nitrogen and oxygen atoms in total. The Kier molecular flexibility index (Phi) is 8.54. The minimum absolute atomic E-state index is 0.0298. The van der Waals surface area contributed by atoms with Crippen LogP contribution in [0.3, 0.4) is 0 Å². The van der Waals surface area contributed by atoms with Crippen molar-refractivity contribution in [2.45, 2.75) is 59.2 Å². The number of hydrogen-bond donors (Lipinski definition) is 1. The van der Waals surface area contributed by atoms with Crippen LogP contribution in [0.5, 0.6) is 0 Å². The molecule has 6 heteroatoms. The van der Waals surface area contributed by atoms with Crippen LogP contribution in [0.2, 0.25) is 10.0 Å². The van der Waals surface area contributed by atoms with Crippen molar-refractivity contribution in [1.29, 1.82) is 0 Å². The summed E-state index contributed by atoms with van der Waals surface area (Å²) in [5.74, 6) is -0.345. The van der Waals surface area contributed by atoms with E-state index in [1.165, 1.54) is 0 Å². The van der Waals surface area contributed by atoms with Gasteiger partial charge in [-0.2, -0.15) is 0 Å². The molecule has 0 bridgehead atoms. The zero-order chi connectivity index (χ0) is 21.6. The molecule has 0 heterocycles. The van der Waals surface area contributed by atoms with Gasteiger partial charge in [0.25, 0.3) is 0 Å². The SMILES string of the molecule is CC[C@H](C)NC(=O)[C@H](C)N(Cc1c(Cl)cccc1Cl)C(=O)Cc1ccccc1C. The lowest BCUT2D eigenvalue weighted by atomic mass is 10.0. The fourth-order valence-corrected chi connectivity index (χ4v) is 3.49. The molecule has 2 rings (SSSR count). The van der Waals surface area contributed by atoms with Gasteiger partial charge < -0.3 is 10.2 Å². The Balaban J connectivity index is 2.32. The summed E-state index contributed by atoms with van der Waals surface area (Å²) in [7, 11) is 0. The summed E-state index contributed by atoms with van der Waals surface area (Å²) >= 11 is 12.7. The molecule has 0 radical (unpaired) electrons. The fraction of sp³-hybridized carbons (Fsp3) is 0.391. The second kappa shape index (κ2) is 10.7. The van der Waals surface area contributed by atoms with E-state index in [0.717, 1.165) is 17.5 Å². The number of amides is 2. The molecule has 2 aromatic carbocycles. The van der Waals surface area contributed by atoms with Crippen LogP contribution in [0.15, 0.2) is 42.5 Å². The van der Waals surface area contributed by atoms with Crippen LogP contribution in [0, 0.1) is 6.92 Å². The van der Waals surface area contributed by atoms with E-state index in [0.29, 0.717) is 15.6 Å². The lowest BCUT2D eigenvalue weighted by Crippen LogP contribution is -2.50. The maximum atomic E-state index is 13.3. The summed E-state index contributed by atoms with van der Waals surface area (Å²) in [5.41, 5.74) is 2.60. The largest absolute Gasteiger partial charge is 0.352 e. The summed E-state index contributed by atoms with van der Waals surface area (Å²) in [6.45, 7) is 7.81. The van der Waals surface area contributed by atoms with E-state index >= 15 is 0 Å². The second-order valence-corrected chi connectivity index (χ2v) is 8.13. The van der Waals surface area contributed by atoms with Gasteiger partial charge in [-0.15, -0.1) is 0 Å². The first kappa shape index (κ1) is 23.2. The van der Waals surface area contributed by atoms with Gasteiger partial charge in [0.1, 0.15) is 6.04 Å². The molecule has 0 saturated carbocycles. The lowest BCUT2D eigenvalue weighted by molar-refractivity contribution is -0.140. The summed E-state index contributed by atoms with van der Waals surface area (Å²) in [5, 5.41) is 3.90. The Morgan fingerprint density at radius 3 is 2.24 bits per heavy atom. The number of hydrogen-bond acceptors (Lipinski definition) is 2. The van der Waals surface area contributed by atoms with Gasteiger partial charge in [-0.1, -0.05) is 60.5 Å². The van der Waals surface area contributed by atoms with E-state index in [1.807, 2.05) is 45.0 Å². The monoisotopic (exact) mass is 434 g/mol. The second-order valence-electron chi connectivity index (χ2n) is 7.32. The van der Waals surface area contributed by atoms with E-state index in [1.54, 1.807) is 30.0 Å². The normalized spacial score (nSPS) is 12.9. The minimum atomic E-state index is -0.659. The van der Waals surface area contributed by atoms with Gasteiger partial charge >= 0.3 is 0 Å². The molecule has 29 heavy (non-hydrogen) atoms. The molecule has 2 aromatic rings. The molecule has 0 aliphatic heterocycles. The van der Waals surface area contributed by atoms with Gasteiger partial charge in [-0.05, 0) is 50.5 Å². The highest BCUT2D eigenvalue weighted by atomic mass is 35.5. The van der Waals surface area contributed by atoms with E-state index in [9.17, 15) is 9.59 Å². The molecule has 0 aliphatic carbocycles. The molecule has 0 saturated heterocycles. The van der Waals surface area contributed by atoms with Crippen molar-refractivity contribution in [3.8, 4) is 0 Å². The number of halogens is 2. The van der Waals surface area contributed by atoms with Crippen LogP contribution >= 0.6 is 23.2 Å². The van der Waals surface area contributed by atoms with Gasteiger partial charge in [0.05, 0.1) is 6.42 Å². The predicted octanol–water partition coefficient (Wildman–Crippen LogP) is 5.18. The highest BCUT2D eigenvalue weighted by Gasteiger charge is 2.28. The molecule has 0 spiro atoms. The summed E-state index contributed by atoms with van der Waals surface area (Å²) < 4.78 is 0. The first-order valence-corrected chi connectivity index (χ1v) is 10.6. The maximum absolute atomic E-state index is 13.3. The third kappa shape index (κ3) is 6.22. The Bertz CT molecular complexity index is 849. The molecule has 0 unspecified atom stereocenters. The number of rotatable bonds is 8. The van der Waals surface area contributed by atoms with Crippen LogP contribution in [-0.4, -0.2) is 28.8 Å². The zero-order valence-corrected chi connectivity index (χ0v) is 18.8. The van der Waals surface area contributed by atoms with Gasteiger partial charge in [0.2, 0.25) is 11.8 Å². The Morgan fingerprint density at radius 1 is 1.03 bits per heavy atom. The quantitative estimate of drug-likeness (QED) is 0.622. The maximum Gasteiger partial charge on any atom is 0.242 e. The lowest BCUT2D eigenvalue weighted by Gasteiger charge is -2.30.